The van der Waals surface area contributed by atoms with E-state index in [4.69, 9.17) is 10.00 Å². The van der Waals surface area contributed by atoms with E-state index < -0.39 is 16.0 Å². The summed E-state index contributed by atoms with van der Waals surface area (Å²) in [5.41, 5.74) is 0.583. The fourth-order valence-electron chi connectivity index (χ4n) is 3.35. The molecule has 2 aliphatic rings. The third-order valence-corrected chi connectivity index (χ3v) is 6.39. The number of carbonyl (C=O) groups excluding carboxylic acids is 2. The van der Waals surface area contributed by atoms with Crippen LogP contribution in [0.3, 0.4) is 0 Å². The number of amidine groups is 1. The van der Waals surface area contributed by atoms with E-state index in [-0.39, 0.29) is 36.3 Å². The van der Waals surface area contributed by atoms with Gasteiger partial charge in [-0.2, -0.15) is 13.7 Å². The Labute approximate surface area is 169 Å². The Morgan fingerprint density at radius 1 is 1.31 bits per heavy atom. The van der Waals surface area contributed by atoms with Crippen LogP contribution < -0.4 is 0 Å². The van der Waals surface area contributed by atoms with Crippen LogP contribution in [-0.4, -0.2) is 69.2 Å². The first-order chi connectivity index (χ1) is 13.8. The Balaban J connectivity index is 1.53. The third kappa shape index (κ3) is 4.56. The molecule has 1 aromatic carbocycles. The number of benzene rings is 1. The number of hydrogen-bond donors (Lipinski definition) is 0. The Morgan fingerprint density at radius 3 is 2.69 bits per heavy atom. The second kappa shape index (κ2) is 8.61. The van der Waals surface area contributed by atoms with Crippen molar-refractivity contribution in [1.29, 1.82) is 5.26 Å². The zero-order chi connectivity index (χ0) is 21.0. The minimum absolute atomic E-state index is 0.204. The van der Waals surface area contributed by atoms with Crippen molar-refractivity contribution < 1.29 is 22.7 Å². The van der Waals surface area contributed by atoms with Crippen molar-refractivity contribution >= 4 is 27.7 Å². The minimum atomic E-state index is -3.67. The van der Waals surface area contributed by atoms with Crippen LogP contribution in [-0.2, 0) is 24.3 Å². The molecule has 2 aliphatic heterocycles. The molecule has 1 aromatic rings. The lowest BCUT2D eigenvalue weighted by atomic mass is 9.96. The van der Waals surface area contributed by atoms with E-state index in [1.165, 1.54) is 11.0 Å². The fraction of sp³-hybridized carbons (Fsp3) is 0.474. The van der Waals surface area contributed by atoms with Gasteiger partial charge < -0.3 is 14.5 Å². The lowest BCUT2D eigenvalue weighted by Crippen LogP contribution is -2.41. The van der Waals surface area contributed by atoms with E-state index >= 15 is 0 Å². The first-order valence-corrected chi connectivity index (χ1v) is 10.7. The van der Waals surface area contributed by atoms with E-state index in [2.05, 4.69) is 4.40 Å². The summed E-state index contributed by atoms with van der Waals surface area (Å²) in [6.07, 6.45) is 1.19. The second-order valence-electron chi connectivity index (χ2n) is 6.98. The molecular weight excluding hydrogens is 396 g/mol. The molecule has 0 spiro atoms. The molecule has 1 fully saturated rings. The van der Waals surface area contributed by atoms with Crippen LogP contribution in [0.15, 0.2) is 33.6 Å². The summed E-state index contributed by atoms with van der Waals surface area (Å²) >= 11 is 0. The summed E-state index contributed by atoms with van der Waals surface area (Å²) in [5.74, 6) is -0.722. The predicted octanol–water partition coefficient (Wildman–Crippen LogP) is 0.763. The van der Waals surface area contributed by atoms with E-state index in [0.29, 0.717) is 37.3 Å². The van der Waals surface area contributed by atoms with Crippen molar-refractivity contribution in [3.05, 3.63) is 29.8 Å². The van der Waals surface area contributed by atoms with Crippen LogP contribution in [0, 0.1) is 17.2 Å². The van der Waals surface area contributed by atoms with Crippen molar-refractivity contribution in [3.63, 3.8) is 0 Å². The highest BCUT2D eigenvalue weighted by Gasteiger charge is 2.34. The highest BCUT2D eigenvalue weighted by Crippen LogP contribution is 2.29. The summed E-state index contributed by atoms with van der Waals surface area (Å²) in [7, 11) is -2.12. The van der Waals surface area contributed by atoms with Gasteiger partial charge in [-0.3, -0.25) is 9.59 Å². The van der Waals surface area contributed by atoms with Gasteiger partial charge in [0.1, 0.15) is 4.90 Å². The number of esters is 1. The van der Waals surface area contributed by atoms with E-state index in [1.807, 2.05) is 11.0 Å². The standard InChI is InChI=1S/C19H22N4O5S/c1-22(10-4-9-20)17(24)13-28-19(25)14-7-11-23(12-8-14)18-15-5-2-3-6-16(15)29(26,27)21-18/h2-3,5-6,14H,4,7-8,10-13H2,1H3. The molecule has 0 aliphatic carbocycles. The molecule has 3 rings (SSSR count). The number of amides is 1. The Bertz CT molecular complexity index is 975. The van der Waals surface area contributed by atoms with Gasteiger partial charge in [0.05, 0.1) is 18.4 Å². The normalized spacial score (nSPS) is 17.8. The lowest BCUT2D eigenvalue weighted by Gasteiger charge is -2.32. The first kappa shape index (κ1) is 20.8. The summed E-state index contributed by atoms with van der Waals surface area (Å²) in [5, 5.41) is 8.55. The number of likely N-dealkylation sites (tertiary alicyclic amines) is 1. The number of piperidine rings is 1. The van der Waals surface area contributed by atoms with Crippen LogP contribution in [0.4, 0.5) is 0 Å². The molecule has 1 amide bonds. The monoisotopic (exact) mass is 418 g/mol. The summed E-state index contributed by atoms with van der Waals surface area (Å²) in [6.45, 7) is 0.883. The number of likely N-dealkylation sites (N-methyl/N-ethyl adjacent to an activating group) is 1. The minimum Gasteiger partial charge on any atom is -0.455 e. The van der Waals surface area contributed by atoms with Crippen molar-refractivity contribution in [3.8, 4) is 6.07 Å². The summed E-state index contributed by atoms with van der Waals surface area (Å²) in [4.78, 5) is 27.6. The van der Waals surface area contributed by atoms with E-state index in [9.17, 15) is 18.0 Å². The molecule has 0 N–H and O–H groups in total. The van der Waals surface area contributed by atoms with Crippen molar-refractivity contribution in [1.82, 2.24) is 9.80 Å². The molecular formula is C19H22N4O5S. The third-order valence-electron chi connectivity index (χ3n) is 5.06. The Kier molecular flexibility index (Phi) is 6.17. The van der Waals surface area contributed by atoms with Crippen LogP contribution >= 0.6 is 0 Å². The highest BCUT2D eigenvalue weighted by atomic mass is 32.2. The molecule has 9 nitrogen and oxygen atoms in total. The molecule has 0 atom stereocenters. The SMILES string of the molecule is CN(CCC#N)C(=O)COC(=O)C1CCN(C2=NS(=O)(=O)c3ccccc32)CC1. The lowest BCUT2D eigenvalue weighted by molar-refractivity contribution is -0.156. The molecule has 2 heterocycles. The molecule has 0 bridgehead atoms. The molecule has 29 heavy (non-hydrogen) atoms. The predicted molar refractivity (Wildman–Crippen MR) is 103 cm³/mol. The molecule has 0 unspecified atom stereocenters. The molecule has 0 aromatic heterocycles. The summed E-state index contributed by atoms with van der Waals surface area (Å²) < 4.78 is 33.5. The Hall–Kier alpha value is -2.93. The van der Waals surface area contributed by atoms with Gasteiger partial charge in [-0.25, -0.2) is 0 Å². The average Bonchev–Trinajstić information content (AvgIpc) is 3.01. The maximum Gasteiger partial charge on any atom is 0.309 e. The van der Waals surface area contributed by atoms with Crippen LogP contribution in [0.1, 0.15) is 24.8 Å². The van der Waals surface area contributed by atoms with E-state index in [0.717, 1.165) is 0 Å². The molecule has 0 radical (unpaired) electrons. The smallest absolute Gasteiger partial charge is 0.309 e. The van der Waals surface area contributed by atoms with Crippen molar-refractivity contribution in [2.24, 2.45) is 10.3 Å². The number of fused-ring (bicyclic) bond motifs is 1. The van der Waals surface area contributed by atoms with Gasteiger partial charge in [-0.15, -0.1) is 4.40 Å². The van der Waals surface area contributed by atoms with Gasteiger partial charge in [0.15, 0.2) is 12.4 Å². The highest BCUT2D eigenvalue weighted by molar-refractivity contribution is 7.90. The van der Waals surface area contributed by atoms with Crippen molar-refractivity contribution in [2.75, 3.05) is 33.3 Å². The van der Waals surface area contributed by atoms with Gasteiger partial charge >= 0.3 is 5.97 Å². The molecule has 1 saturated heterocycles. The van der Waals surface area contributed by atoms with Gasteiger partial charge in [-0.05, 0) is 25.0 Å². The summed E-state index contributed by atoms with van der Waals surface area (Å²) in [6, 6.07) is 8.65. The van der Waals surface area contributed by atoms with Gasteiger partial charge in [0.25, 0.3) is 15.9 Å². The van der Waals surface area contributed by atoms with Crippen LogP contribution in [0.5, 0.6) is 0 Å². The maximum atomic E-state index is 12.3. The molecule has 10 heteroatoms. The Morgan fingerprint density at radius 2 is 2.00 bits per heavy atom. The average molecular weight is 418 g/mol. The number of sulfonamides is 1. The number of ether oxygens (including phenoxy) is 1. The number of rotatable bonds is 5. The quantitative estimate of drug-likeness (QED) is 0.648. The number of carbonyl (C=O) groups is 2. The zero-order valence-corrected chi connectivity index (χ0v) is 16.9. The fourth-order valence-corrected chi connectivity index (χ4v) is 4.57. The van der Waals surface area contributed by atoms with Crippen LogP contribution in [0.25, 0.3) is 0 Å². The molecule has 0 saturated carbocycles. The van der Waals surface area contributed by atoms with Gasteiger partial charge in [0.2, 0.25) is 0 Å². The van der Waals surface area contributed by atoms with Gasteiger partial charge in [-0.1, -0.05) is 12.1 Å². The maximum absolute atomic E-state index is 12.3. The first-order valence-electron chi connectivity index (χ1n) is 9.30. The zero-order valence-electron chi connectivity index (χ0n) is 16.1. The van der Waals surface area contributed by atoms with E-state index in [1.54, 1.807) is 25.2 Å². The van der Waals surface area contributed by atoms with Crippen molar-refractivity contribution in [2.45, 2.75) is 24.2 Å². The van der Waals surface area contributed by atoms with Crippen LogP contribution in [0.2, 0.25) is 0 Å². The number of hydrogen-bond acceptors (Lipinski definition) is 7. The van der Waals surface area contributed by atoms with Gasteiger partial charge in [0, 0.05) is 32.2 Å². The topological polar surface area (TPSA) is 120 Å². The number of nitriles is 1. The number of nitrogens with zero attached hydrogens (tertiary/aromatic N) is 4. The molecule has 154 valence electrons. The second-order valence-corrected chi connectivity index (χ2v) is 8.55. The largest absolute Gasteiger partial charge is 0.455 e.